The zero-order chi connectivity index (χ0) is 77.9. The van der Waals surface area contributed by atoms with Crippen LogP contribution in [0.4, 0.5) is 34.1 Å². The smallest absolute Gasteiger partial charge is 0.252 e. The number of anilines is 6. The molecule has 0 saturated carbocycles. The van der Waals surface area contributed by atoms with E-state index in [-0.39, 0.29) is 73.1 Å². The number of hydrogen-bond acceptors (Lipinski definition) is 2. The molecule has 0 aliphatic carbocycles. The van der Waals surface area contributed by atoms with Crippen LogP contribution in [0, 0.1) is 0 Å². The third-order valence-corrected chi connectivity index (χ3v) is 21.6. The van der Waals surface area contributed by atoms with Crippen molar-refractivity contribution in [2.45, 2.75) is 209 Å². The summed E-state index contributed by atoms with van der Waals surface area (Å²) >= 11 is 8.23. The largest absolute Gasteiger partial charge is 0.310 e. The monoisotopic (exact) mass is 1360 g/mol. The van der Waals surface area contributed by atoms with Crippen molar-refractivity contribution in [2.24, 2.45) is 0 Å². The second-order valence-corrected chi connectivity index (χ2v) is 37.9. The number of hydrogen-bond donors (Lipinski definition) is 0. The summed E-state index contributed by atoms with van der Waals surface area (Å²) in [6.45, 7) is 54.7. The van der Waals surface area contributed by atoms with E-state index in [1.54, 1.807) is 0 Å². The Morgan fingerprint density at radius 2 is 0.627 bits per heavy atom. The molecule has 0 saturated heterocycles. The zero-order valence-electron chi connectivity index (χ0n) is 70.2. The molecule has 520 valence electrons. The lowest BCUT2D eigenvalue weighted by atomic mass is 9.33. The summed E-state index contributed by atoms with van der Waals surface area (Å²) in [5.74, 6) is 0. The van der Waals surface area contributed by atoms with Gasteiger partial charge in [-0.2, -0.15) is 0 Å². The summed E-state index contributed by atoms with van der Waals surface area (Å²) in [6.07, 6.45) is 0. The molecule has 0 amide bonds. The van der Waals surface area contributed by atoms with Crippen LogP contribution in [0.1, 0.15) is 218 Å². The number of rotatable bonds is 8. The standard InChI is InChI=1S/C98H108BClN2/c1-91(2,3)68-42-36-62(37-43-68)76-32-28-34-78(67-52-73(96(16,17)18)57-74(53-67)97(19,20)21)89(76)101-85-55-65(66-50-71(94(10,11)12)56-72(51-66)95(13,14)15)41-49-83(85)99-82-48-40-64(61-30-26-25-27-31-61)54-84(82)102(87-60-75(100)59-86(101)88(87)99)90-77(63-38-44-69(45-39-63)92(4,5)6)33-29-35-80(90)79-47-46-70(93(7,8)9)58-81(79)98(22,23)24/h25-60H,1-24H3/i25D,26D,27D,30D,31D. The average Bonchev–Trinajstić information content (AvgIpc) is 0.687. The quantitative estimate of drug-likeness (QED) is 0.140. The Hall–Kier alpha value is -8.63. The highest BCUT2D eigenvalue weighted by Gasteiger charge is 2.46. The SMILES string of the molecule is [2H]c1c([2H])c([2H])c(-c2ccc3c(c2)N(c2c(-c4ccc(C(C)(C)C)cc4)cccc2-c2ccc(C(C)(C)C)cc2C(C)(C)C)c2cc(Cl)cc4c2B3c2ccc(-c3cc(C(C)(C)C)cc(C(C)(C)C)c3)cc2N4c2c(-c3ccc(C(C)(C)C)cc3)cccc2-c2cc(C(C)(C)C)cc(C(C)(C)C)c2)c([2H])c1[2H]. The summed E-state index contributed by atoms with van der Waals surface area (Å²) in [6, 6.07) is 69.5. The molecule has 0 radical (unpaired) electrons. The van der Waals surface area contributed by atoms with Gasteiger partial charge in [-0.25, -0.2) is 0 Å². The summed E-state index contributed by atoms with van der Waals surface area (Å²) in [4.78, 5) is 5.01. The molecule has 2 aliphatic rings. The predicted octanol–water partition coefficient (Wildman–Crippen LogP) is 26.8. The molecule has 2 heterocycles. The van der Waals surface area contributed by atoms with E-state index in [1.807, 2.05) is 6.07 Å². The minimum Gasteiger partial charge on any atom is -0.310 e. The third-order valence-electron chi connectivity index (χ3n) is 21.4. The molecule has 0 fully saturated rings. The minimum absolute atomic E-state index is 0.0929. The molecule has 102 heavy (non-hydrogen) atoms. The molecule has 0 bridgehead atoms. The lowest BCUT2D eigenvalue weighted by molar-refractivity contribution is 0.568. The van der Waals surface area contributed by atoms with Crippen molar-refractivity contribution < 1.29 is 6.85 Å². The molecule has 2 nitrogen and oxygen atoms in total. The normalized spacial score (nSPS) is 14.4. The van der Waals surface area contributed by atoms with Gasteiger partial charge in [0.25, 0.3) is 6.71 Å². The molecule has 4 heteroatoms. The van der Waals surface area contributed by atoms with E-state index in [1.165, 1.54) is 44.5 Å². The van der Waals surface area contributed by atoms with Crippen molar-refractivity contribution in [3.63, 3.8) is 0 Å². The van der Waals surface area contributed by atoms with Crippen LogP contribution in [0.5, 0.6) is 0 Å². The molecular formula is C98H108BClN2. The van der Waals surface area contributed by atoms with Crippen molar-refractivity contribution in [3.05, 3.63) is 268 Å². The Bertz CT molecular complexity index is 5280. The van der Waals surface area contributed by atoms with Crippen molar-refractivity contribution in [1.82, 2.24) is 0 Å². The van der Waals surface area contributed by atoms with Gasteiger partial charge in [0.1, 0.15) is 0 Å². The van der Waals surface area contributed by atoms with Gasteiger partial charge in [-0.1, -0.05) is 372 Å². The maximum atomic E-state index is 9.64. The first-order chi connectivity index (χ1) is 49.6. The van der Waals surface area contributed by atoms with Gasteiger partial charge in [-0.05, 0) is 173 Å². The number of benzene rings is 11. The Labute approximate surface area is 625 Å². The van der Waals surface area contributed by atoms with Gasteiger partial charge in [0, 0.05) is 50.0 Å². The molecule has 0 N–H and O–H groups in total. The number of fused-ring (bicyclic) bond motifs is 4. The van der Waals surface area contributed by atoms with Crippen LogP contribution in [0.25, 0.3) is 66.8 Å². The first-order valence-electron chi connectivity index (χ1n) is 39.4. The Morgan fingerprint density at radius 1 is 0.275 bits per heavy atom. The molecule has 0 unspecified atom stereocenters. The number of para-hydroxylation sites is 2. The van der Waals surface area contributed by atoms with Crippen LogP contribution >= 0.6 is 11.6 Å². The Morgan fingerprint density at radius 3 is 1.03 bits per heavy atom. The molecule has 11 aromatic carbocycles. The average molecular weight is 1370 g/mol. The zero-order valence-corrected chi connectivity index (χ0v) is 66.0. The highest BCUT2D eigenvalue weighted by atomic mass is 35.5. The van der Waals surface area contributed by atoms with Crippen LogP contribution < -0.4 is 26.2 Å². The second-order valence-electron chi connectivity index (χ2n) is 37.4. The summed E-state index contributed by atoms with van der Waals surface area (Å²) in [7, 11) is 0. The van der Waals surface area contributed by atoms with E-state index < -0.39 is 12.8 Å². The van der Waals surface area contributed by atoms with Crippen molar-refractivity contribution in [1.29, 1.82) is 0 Å². The van der Waals surface area contributed by atoms with Gasteiger partial charge in [-0.3, -0.25) is 0 Å². The summed E-state index contributed by atoms with van der Waals surface area (Å²) in [5, 5.41) is 0.529. The van der Waals surface area contributed by atoms with Crippen LogP contribution in [0.15, 0.2) is 218 Å². The van der Waals surface area contributed by atoms with Crippen molar-refractivity contribution in [3.8, 4) is 66.8 Å². The molecule has 13 rings (SSSR count). The summed E-state index contributed by atoms with van der Waals surface area (Å²) in [5.41, 5.74) is 28.4. The van der Waals surface area contributed by atoms with Gasteiger partial charge in [0.2, 0.25) is 0 Å². The highest BCUT2D eigenvalue weighted by Crippen LogP contribution is 2.56. The van der Waals surface area contributed by atoms with Crippen LogP contribution in [-0.2, 0) is 43.3 Å². The summed E-state index contributed by atoms with van der Waals surface area (Å²) < 4.78 is 46.4. The van der Waals surface area contributed by atoms with E-state index in [0.29, 0.717) is 10.6 Å². The van der Waals surface area contributed by atoms with E-state index in [2.05, 4.69) is 358 Å². The van der Waals surface area contributed by atoms with Gasteiger partial charge in [0.05, 0.1) is 18.2 Å². The van der Waals surface area contributed by atoms with Gasteiger partial charge < -0.3 is 9.80 Å². The van der Waals surface area contributed by atoms with Gasteiger partial charge in [0.15, 0.2) is 0 Å². The van der Waals surface area contributed by atoms with Gasteiger partial charge in [-0.15, -0.1) is 0 Å². The lowest BCUT2D eigenvalue weighted by Gasteiger charge is -2.46. The Kier molecular flexibility index (Phi) is 16.3. The fourth-order valence-electron chi connectivity index (χ4n) is 15.1. The fourth-order valence-corrected chi connectivity index (χ4v) is 15.3. The molecule has 0 spiro atoms. The molecule has 0 aromatic heterocycles. The maximum absolute atomic E-state index is 9.64. The molecule has 2 aliphatic heterocycles. The number of halogens is 1. The third kappa shape index (κ3) is 13.6. The Balaban J connectivity index is 1.25. The van der Waals surface area contributed by atoms with Crippen LogP contribution in [0.2, 0.25) is 5.02 Å². The van der Waals surface area contributed by atoms with E-state index in [9.17, 15) is 2.74 Å². The van der Waals surface area contributed by atoms with Gasteiger partial charge >= 0.3 is 0 Å². The highest BCUT2D eigenvalue weighted by molar-refractivity contribution is 7.00. The topological polar surface area (TPSA) is 6.48 Å². The lowest BCUT2D eigenvalue weighted by Crippen LogP contribution is -2.61. The molecular weight excluding hydrogens is 1250 g/mol. The number of nitrogens with zero attached hydrogens (tertiary/aromatic N) is 2. The van der Waals surface area contributed by atoms with Crippen LogP contribution in [0.3, 0.4) is 0 Å². The minimum atomic E-state index is -0.444. The van der Waals surface area contributed by atoms with E-state index >= 15 is 0 Å². The molecule has 0 atom stereocenters. The van der Waals surface area contributed by atoms with Crippen LogP contribution in [-0.4, -0.2) is 6.71 Å². The maximum Gasteiger partial charge on any atom is 0.252 e. The van der Waals surface area contributed by atoms with Crippen molar-refractivity contribution in [2.75, 3.05) is 9.80 Å². The second kappa shape index (κ2) is 25.4. The fraction of sp³-hybridized carbons (Fsp3) is 0.327. The van der Waals surface area contributed by atoms with E-state index in [4.69, 9.17) is 15.7 Å². The van der Waals surface area contributed by atoms with E-state index in [0.717, 1.165) is 106 Å². The first-order valence-corrected chi connectivity index (χ1v) is 37.2. The first kappa shape index (κ1) is 65.4. The van der Waals surface area contributed by atoms with Crippen molar-refractivity contribution >= 4 is 68.8 Å². The molecule has 11 aromatic rings. The predicted molar refractivity (Wildman–Crippen MR) is 448 cm³/mol.